The molecule has 1 aliphatic rings. The summed E-state index contributed by atoms with van der Waals surface area (Å²) in [5.74, 6) is 0.865. The number of hydrogen-bond donors (Lipinski definition) is 2. The molecule has 0 saturated heterocycles. The first-order valence-electron chi connectivity index (χ1n) is 7.51. The van der Waals surface area contributed by atoms with Gasteiger partial charge in [-0.05, 0) is 30.4 Å². The largest absolute Gasteiger partial charge is 0.389 e. The molecule has 1 aromatic carbocycles. The minimum absolute atomic E-state index is 0.386. The van der Waals surface area contributed by atoms with E-state index in [0.717, 1.165) is 28.8 Å². The van der Waals surface area contributed by atoms with Crippen molar-refractivity contribution in [2.45, 2.75) is 32.6 Å². The first-order chi connectivity index (χ1) is 10.1. The van der Waals surface area contributed by atoms with E-state index in [1.54, 1.807) is 0 Å². The van der Waals surface area contributed by atoms with E-state index >= 15 is 0 Å². The fraction of sp³-hybridized carbons (Fsp3) is 0.412. The molecule has 1 heterocycles. The summed E-state index contributed by atoms with van der Waals surface area (Å²) in [6.45, 7) is 3.30. The Morgan fingerprint density at radius 2 is 2.05 bits per heavy atom. The molecule has 2 aromatic rings. The van der Waals surface area contributed by atoms with Crippen LogP contribution in [-0.2, 0) is 0 Å². The number of nitrogens with two attached hydrogens (primary N) is 1. The lowest BCUT2D eigenvalue weighted by Gasteiger charge is -2.24. The number of pyridine rings is 1. The van der Waals surface area contributed by atoms with Crippen LogP contribution < -0.4 is 11.1 Å². The number of thiocarbonyl (C=S) groups is 1. The highest BCUT2D eigenvalue weighted by Crippen LogP contribution is 2.37. The molecule has 0 amide bonds. The Labute approximate surface area is 130 Å². The molecule has 0 bridgehead atoms. The van der Waals surface area contributed by atoms with Gasteiger partial charge in [0.2, 0.25) is 0 Å². The maximum atomic E-state index is 5.87. The standard InChI is InChI=1S/C17H21N3S/c1-17(8-4-5-9-17)11-19-15-10-13(16(18)21)12-6-2-3-7-14(12)20-15/h2-3,6-7,10H,4-5,8-9,11H2,1H3,(H2,18,21)(H,19,20). The molecule has 0 atom stereocenters. The van der Waals surface area contributed by atoms with Gasteiger partial charge in [0.1, 0.15) is 10.8 Å². The molecule has 21 heavy (non-hydrogen) atoms. The molecular weight excluding hydrogens is 278 g/mol. The lowest BCUT2D eigenvalue weighted by Crippen LogP contribution is -2.23. The summed E-state index contributed by atoms with van der Waals surface area (Å²) in [4.78, 5) is 5.10. The van der Waals surface area contributed by atoms with Crippen LogP contribution in [0.15, 0.2) is 30.3 Å². The van der Waals surface area contributed by atoms with Gasteiger partial charge in [-0.1, -0.05) is 50.2 Å². The van der Waals surface area contributed by atoms with Crippen molar-refractivity contribution >= 4 is 33.9 Å². The van der Waals surface area contributed by atoms with Crippen molar-refractivity contribution in [2.75, 3.05) is 11.9 Å². The lowest BCUT2D eigenvalue weighted by atomic mass is 9.89. The van der Waals surface area contributed by atoms with E-state index in [9.17, 15) is 0 Å². The molecular formula is C17H21N3S. The van der Waals surface area contributed by atoms with E-state index < -0.39 is 0 Å². The van der Waals surface area contributed by atoms with Crippen LogP contribution in [0.3, 0.4) is 0 Å². The van der Waals surface area contributed by atoms with E-state index in [1.165, 1.54) is 25.7 Å². The van der Waals surface area contributed by atoms with Crippen molar-refractivity contribution in [3.05, 3.63) is 35.9 Å². The number of aromatic nitrogens is 1. The summed E-state index contributed by atoms with van der Waals surface area (Å²) < 4.78 is 0. The van der Waals surface area contributed by atoms with Gasteiger partial charge in [-0.15, -0.1) is 0 Å². The van der Waals surface area contributed by atoms with E-state index in [-0.39, 0.29) is 0 Å². The molecule has 110 valence electrons. The Morgan fingerprint density at radius 1 is 1.33 bits per heavy atom. The van der Waals surface area contributed by atoms with Gasteiger partial charge < -0.3 is 11.1 Å². The fourth-order valence-corrected chi connectivity index (χ4v) is 3.35. The molecule has 1 aliphatic carbocycles. The number of benzene rings is 1. The second-order valence-electron chi connectivity index (χ2n) is 6.31. The van der Waals surface area contributed by atoms with E-state index in [0.29, 0.717) is 10.4 Å². The van der Waals surface area contributed by atoms with Gasteiger partial charge in [0.25, 0.3) is 0 Å². The number of anilines is 1. The van der Waals surface area contributed by atoms with Crippen molar-refractivity contribution in [2.24, 2.45) is 11.1 Å². The highest BCUT2D eigenvalue weighted by Gasteiger charge is 2.28. The van der Waals surface area contributed by atoms with E-state index in [1.807, 2.05) is 30.3 Å². The first kappa shape index (κ1) is 14.3. The van der Waals surface area contributed by atoms with Crippen LogP contribution in [-0.4, -0.2) is 16.5 Å². The summed E-state index contributed by atoms with van der Waals surface area (Å²) in [6, 6.07) is 9.96. The average Bonchev–Trinajstić information content (AvgIpc) is 2.91. The monoisotopic (exact) mass is 299 g/mol. The van der Waals surface area contributed by atoms with Crippen molar-refractivity contribution < 1.29 is 0 Å². The SMILES string of the molecule is CC1(CNc2cc(C(N)=S)c3ccccc3n2)CCCC1. The second kappa shape index (κ2) is 5.60. The zero-order valence-electron chi connectivity index (χ0n) is 12.4. The smallest absolute Gasteiger partial charge is 0.127 e. The van der Waals surface area contributed by atoms with Crippen LogP contribution in [0.4, 0.5) is 5.82 Å². The lowest BCUT2D eigenvalue weighted by molar-refractivity contribution is 0.361. The summed E-state index contributed by atoms with van der Waals surface area (Å²) in [6.07, 6.45) is 5.24. The molecule has 3 N–H and O–H groups in total. The summed E-state index contributed by atoms with van der Waals surface area (Å²) in [5, 5.41) is 4.50. The first-order valence-corrected chi connectivity index (χ1v) is 7.92. The quantitative estimate of drug-likeness (QED) is 0.842. The third kappa shape index (κ3) is 3.00. The van der Waals surface area contributed by atoms with Crippen LogP contribution in [0.25, 0.3) is 10.9 Å². The number of nitrogens with one attached hydrogen (secondary N) is 1. The van der Waals surface area contributed by atoms with E-state index in [2.05, 4.69) is 17.2 Å². The number of para-hydroxylation sites is 1. The van der Waals surface area contributed by atoms with Crippen molar-refractivity contribution in [1.29, 1.82) is 0 Å². The van der Waals surface area contributed by atoms with Crippen LogP contribution in [0.5, 0.6) is 0 Å². The molecule has 1 fully saturated rings. The average molecular weight is 299 g/mol. The summed E-state index contributed by atoms with van der Waals surface area (Å²) in [7, 11) is 0. The third-order valence-electron chi connectivity index (χ3n) is 4.49. The third-order valence-corrected chi connectivity index (χ3v) is 4.71. The van der Waals surface area contributed by atoms with Gasteiger partial charge in [-0.3, -0.25) is 0 Å². The molecule has 4 heteroatoms. The number of rotatable bonds is 4. The normalized spacial score (nSPS) is 17.0. The van der Waals surface area contributed by atoms with Gasteiger partial charge >= 0.3 is 0 Å². The summed E-state index contributed by atoms with van der Waals surface area (Å²) >= 11 is 5.18. The Morgan fingerprint density at radius 3 is 2.76 bits per heavy atom. The molecule has 0 unspecified atom stereocenters. The van der Waals surface area contributed by atoms with Gasteiger partial charge in [0.15, 0.2) is 0 Å². The van der Waals surface area contributed by atoms with E-state index in [4.69, 9.17) is 18.0 Å². The van der Waals surface area contributed by atoms with Crippen molar-refractivity contribution in [3.63, 3.8) is 0 Å². The highest BCUT2D eigenvalue weighted by atomic mass is 32.1. The predicted octanol–water partition coefficient (Wildman–Crippen LogP) is 3.86. The molecule has 3 rings (SSSR count). The zero-order valence-corrected chi connectivity index (χ0v) is 13.2. The molecule has 0 spiro atoms. The number of fused-ring (bicyclic) bond motifs is 1. The zero-order chi connectivity index (χ0) is 14.9. The molecule has 3 nitrogen and oxygen atoms in total. The maximum Gasteiger partial charge on any atom is 0.127 e. The Kier molecular flexibility index (Phi) is 3.81. The molecule has 1 aromatic heterocycles. The second-order valence-corrected chi connectivity index (χ2v) is 6.75. The van der Waals surface area contributed by atoms with Crippen molar-refractivity contribution in [3.8, 4) is 0 Å². The van der Waals surface area contributed by atoms with Crippen molar-refractivity contribution in [1.82, 2.24) is 4.98 Å². The predicted molar refractivity (Wildman–Crippen MR) is 92.7 cm³/mol. The van der Waals surface area contributed by atoms with Crippen LogP contribution in [0.1, 0.15) is 38.2 Å². The number of nitrogens with zero attached hydrogens (tertiary/aromatic N) is 1. The topological polar surface area (TPSA) is 50.9 Å². The Bertz CT molecular complexity index is 675. The van der Waals surface area contributed by atoms with Crippen LogP contribution in [0.2, 0.25) is 0 Å². The Hall–Kier alpha value is -1.68. The molecule has 1 saturated carbocycles. The van der Waals surface area contributed by atoms with Crippen LogP contribution in [0, 0.1) is 5.41 Å². The van der Waals surface area contributed by atoms with Gasteiger partial charge in [-0.2, -0.15) is 0 Å². The van der Waals surface area contributed by atoms with Gasteiger partial charge in [0.05, 0.1) is 5.52 Å². The Balaban J connectivity index is 1.90. The van der Waals surface area contributed by atoms with Gasteiger partial charge in [0, 0.05) is 17.5 Å². The van der Waals surface area contributed by atoms with Crippen LogP contribution >= 0.6 is 12.2 Å². The number of hydrogen-bond acceptors (Lipinski definition) is 3. The fourth-order valence-electron chi connectivity index (χ4n) is 3.18. The molecule has 0 radical (unpaired) electrons. The van der Waals surface area contributed by atoms with Gasteiger partial charge in [-0.25, -0.2) is 4.98 Å². The highest BCUT2D eigenvalue weighted by molar-refractivity contribution is 7.80. The minimum Gasteiger partial charge on any atom is -0.389 e. The minimum atomic E-state index is 0.386. The molecule has 0 aliphatic heterocycles. The summed E-state index contributed by atoms with van der Waals surface area (Å²) in [5.41, 5.74) is 8.08. The maximum absolute atomic E-state index is 5.87.